The van der Waals surface area contributed by atoms with Crippen LogP contribution in [0.4, 0.5) is 0 Å². The Morgan fingerprint density at radius 2 is 1.19 bits per heavy atom. The van der Waals surface area contributed by atoms with Crippen LogP contribution in [0.1, 0.15) is 38.8 Å². The molecule has 32 heavy (non-hydrogen) atoms. The van der Waals surface area contributed by atoms with Crippen molar-refractivity contribution >= 4 is 11.6 Å². The molecular formula is C27H37N3O2. The molecule has 0 saturated carbocycles. The maximum absolute atomic E-state index is 9.65. The lowest BCUT2D eigenvalue weighted by molar-refractivity contribution is 0.223. The molecule has 0 atom stereocenters. The number of hydrogen-bond acceptors (Lipinski definition) is 5. The van der Waals surface area contributed by atoms with E-state index in [1.54, 1.807) is 0 Å². The second kappa shape index (κ2) is 14.3. The standard InChI is InChI=1S/C27H37N3O2/c1-5-29(6-2)17-19-31-26-13-9-23(10-14-26)21-25(22-28)24-11-15-27(16-12-24)32-20-18-30(7-3)8-4/h9-16,21H,5-8,17-20H2,1-4H3/b25-21+. The summed E-state index contributed by atoms with van der Waals surface area (Å²) in [4.78, 5) is 4.66. The molecule has 0 bridgehead atoms. The van der Waals surface area contributed by atoms with Gasteiger partial charge in [0.25, 0.3) is 0 Å². The topological polar surface area (TPSA) is 48.7 Å². The average molecular weight is 436 g/mol. The van der Waals surface area contributed by atoms with Crippen LogP contribution < -0.4 is 9.47 Å². The van der Waals surface area contributed by atoms with Gasteiger partial charge in [-0.2, -0.15) is 5.26 Å². The quantitative estimate of drug-likeness (QED) is 0.302. The van der Waals surface area contributed by atoms with Crippen LogP contribution in [-0.2, 0) is 0 Å². The molecule has 0 aliphatic carbocycles. The van der Waals surface area contributed by atoms with Gasteiger partial charge in [-0.25, -0.2) is 0 Å². The Morgan fingerprint density at radius 3 is 1.59 bits per heavy atom. The number of nitriles is 1. The molecule has 5 nitrogen and oxygen atoms in total. The number of ether oxygens (including phenoxy) is 2. The van der Waals surface area contributed by atoms with Crippen LogP contribution >= 0.6 is 0 Å². The third-order valence-electron chi connectivity index (χ3n) is 5.62. The second-order valence-corrected chi connectivity index (χ2v) is 7.51. The first-order valence-electron chi connectivity index (χ1n) is 11.7. The number of benzene rings is 2. The first-order chi connectivity index (χ1) is 15.6. The highest BCUT2D eigenvalue weighted by atomic mass is 16.5. The van der Waals surface area contributed by atoms with Crippen molar-refractivity contribution in [1.82, 2.24) is 9.80 Å². The summed E-state index contributed by atoms with van der Waals surface area (Å²) in [5.41, 5.74) is 2.47. The van der Waals surface area contributed by atoms with Gasteiger partial charge < -0.3 is 19.3 Å². The SMILES string of the molecule is CCN(CC)CCOc1ccc(/C=C(\C#N)c2ccc(OCCN(CC)CC)cc2)cc1. The minimum absolute atomic E-state index is 0.620. The summed E-state index contributed by atoms with van der Waals surface area (Å²) in [5.74, 6) is 1.67. The Bertz CT molecular complexity index is 846. The van der Waals surface area contributed by atoms with Gasteiger partial charge in [0.1, 0.15) is 24.7 Å². The molecule has 0 spiro atoms. The van der Waals surface area contributed by atoms with Gasteiger partial charge in [-0.1, -0.05) is 39.8 Å². The van der Waals surface area contributed by atoms with Crippen LogP contribution in [0.3, 0.4) is 0 Å². The van der Waals surface area contributed by atoms with E-state index in [9.17, 15) is 5.26 Å². The molecule has 2 aromatic rings. The van der Waals surface area contributed by atoms with Crippen molar-refractivity contribution in [3.63, 3.8) is 0 Å². The first-order valence-corrected chi connectivity index (χ1v) is 11.7. The molecule has 172 valence electrons. The first kappa shape index (κ1) is 25.5. The Balaban J connectivity index is 1.93. The minimum atomic E-state index is 0.620. The van der Waals surface area contributed by atoms with E-state index in [-0.39, 0.29) is 0 Å². The molecule has 0 aromatic heterocycles. The van der Waals surface area contributed by atoms with Crippen molar-refractivity contribution in [3.05, 3.63) is 59.7 Å². The van der Waals surface area contributed by atoms with Gasteiger partial charge in [0.2, 0.25) is 0 Å². The third-order valence-corrected chi connectivity index (χ3v) is 5.62. The molecular weight excluding hydrogens is 398 g/mol. The van der Waals surface area contributed by atoms with Gasteiger partial charge >= 0.3 is 0 Å². The van der Waals surface area contributed by atoms with Crippen molar-refractivity contribution in [2.45, 2.75) is 27.7 Å². The molecule has 2 aromatic carbocycles. The summed E-state index contributed by atoms with van der Waals surface area (Å²) in [5, 5.41) is 9.65. The molecule has 0 aliphatic rings. The van der Waals surface area contributed by atoms with Crippen molar-refractivity contribution < 1.29 is 9.47 Å². The number of nitrogens with zero attached hydrogens (tertiary/aromatic N) is 3. The van der Waals surface area contributed by atoms with Gasteiger partial charge in [0.05, 0.1) is 11.6 Å². The lowest BCUT2D eigenvalue weighted by Gasteiger charge is -2.18. The largest absolute Gasteiger partial charge is 0.492 e. The molecule has 0 unspecified atom stereocenters. The second-order valence-electron chi connectivity index (χ2n) is 7.51. The van der Waals surface area contributed by atoms with Crippen LogP contribution in [0.5, 0.6) is 11.5 Å². The fourth-order valence-electron chi connectivity index (χ4n) is 3.40. The smallest absolute Gasteiger partial charge is 0.119 e. The maximum Gasteiger partial charge on any atom is 0.119 e. The van der Waals surface area contributed by atoms with E-state index in [1.807, 2.05) is 54.6 Å². The van der Waals surface area contributed by atoms with Crippen molar-refractivity contribution in [2.75, 3.05) is 52.5 Å². The highest BCUT2D eigenvalue weighted by molar-refractivity contribution is 5.89. The predicted molar refractivity (Wildman–Crippen MR) is 133 cm³/mol. The molecule has 0 amide bonds. The zero-order valence-electron chi connectivity index (χ0n) is 20.0. The van der Waals surface area contributed by atoms with Crippen LogP contribution in [0.2, 0.25) is 0 Å². The highest BCUT2D eigenvalue weighted by Crippen LogP contribution is 2.22. The number of rotatable bonds is 14. The highest BCUT2D eigenvalue weighted by Gasteiger charge is 2.04. The molecule has 5 heteroatoms. The number of allylic oxidation sites excluding steroid dienone is 1. The van der Waals surface area contributed by atoms with Gasteiger partial charge in [-0.05, 0) is 79.8 Å². The fraction of sp³-hybridized carbons (Fsp3) is 0.444. The minimum Gasteiger partial charge on any atom is -0.492 e. The summed E-state index contributed by atoms with van der Waals surface area (Å²) in [6, 6.07) is 17.9. The summed E-state index contributed by atoms with van der Waals surface area (Å²) < 4.78 is 11.7. The maximum atomic E-state index is 9.65. The summed E-state index contributed by atoms with van der Waals surface area (Å²) in [7, 11) is 0. The molecule has 0 aliphatic heterocycles. The van der Waals surface area contributed by atoms with Crippen LogP contribution in [0.25, 0.3) is 11.6 Å². The Labute approximate surface area is 193 Å². The van der Waals surface area contributed by atoms with Crippen molar-refractivity contribution in [2.24, 2.45) is 0 Å². The van der Waals surface area contributed by atoms with Gasteiger partial charge in [-0.15, -0.1) is 0 Å². The average Bonchev–Trinajstić information content (AvgIpc) is 2.84. The molecule has 0 heterocycles. The van der Waals surface area contributed by atoms with Gasteiger partial charge in [-0.3, -0.25) is 0 Å². The van der Waals surface area contributed by atoms with E-state index in [4.69, 9.17) is 9.47 Å². The van der Waals surface area contributed by atoms with E-state index >= 15 is 0 Å². The molecule has 0 saturated heterocycles. The molecule has 2 rings (SSSR count). The van der Waals surface area contributed by atoms with E-state index in [2.05, 4.69) is 43.6 Å². The zero-order valence-corrected chi connectivity index (χ0v) is 20.0. The van der Waals surface area contributed by atoms with E-state index in [0.717, 1.165) is 61.9 Å². The van der Waals surface area contributed by atoms with Gasteiger partial charge in [0.15, 0.2) is 0 Å². The number of hydrogen-bond donors (Lipinski definition) is 0. The number of likely N-dealkylation sites (N-methyl/N-ethyl adjacent to an activating group) is 2. The van der Waals surface area contributed by atoms with E-state index in [1.165, 1.54) is 0 Å². The van der Waals surface area contributed by atoms with Crippen molar-refractivity contribution in [3.8, 4) is 17.6 Å². The Hall–Kier alpha value is -2.81. The lowest BCUT2D eigenvalue weighted by Crippen LogP contribution is -2.27. The van der Waals surface area contributed by atoms with Crippen LogP contribution in [0, 0.1) is 11.3 Å². The zero-order chi connectivity index (χ0) is 23.2. The molecule has 0 fully saturated rings. The Morgan fingerprint density at radius 1 is 0.750 bits per heavy atom. The summed E-state index contributed by atoms with van der Waals surface area (Å²) >= 11 is 0. The monoisotopic (exact) mass is 435 g/mol. The van der Waals surface area contributed by atoms with Crippen LogP contribution in [0.15, 0.2) is 48.5 Å². The van der Waals surface area contributed by atoms with E-state index in [0.29, 0.717) is 18.8 Å². The fourth-order valence-corrected chi connectivity index (χ4v) is 3.40. The normalized spacial score (nSPS) is 11.6. The summed E-state index contributed by atoms with van der Waals surface area (Å²) in [6.07, 6.45) is 1.90. The van der Waals surface area contributed by atoms with Crippen molar-refractivity contribution in [1.29, 1.82) is 5.26 Å². The van der Waals surface area contributed by atoms with Gasteiger partial charge in [0, 0.05) is 13.1 Å². The molecule has 0 radical (unpaired) electrons. The lowest BCUT2D eigenvalue weighted by atomic mass is 10.0. The predicted octanol–water partition coefficient (Wildman–Crippen LogP) is 5.19. The van der Waals surface area contributed by atoms with E-state index < -0.39 is 0 Å². The molecule has 0 N–H and O–H groups in total. The van der Waals surface area contributed by atoms with Crippen LogP contribution in [-0.4, -0.2) is 62.3 Å². The summed E-state index contributed by atoms with van der Waals surface area (Å²) in [6.45, 7) is 15.9. The Kier molecular flexibility index (Phi) is 11.4. The third kappa shape index (κ3) is 8.37.